The van der Waals surface area contributed by atoms with E-state index >= 15 is 0 Å². The second-order valence-electron chi connectivity index (χ2n) is 3.45. The average molecular weight is 211 g/mol. The highest BCUT2D eigenvalue weighted by atomic mass is 19.1. The van der Waals surface area contributed by atoms with E-state index in [1.807, 2.05) is 0 Å². The van der Waals surface area contributed by atoms with E-state index in [2.05, 4.69) is 9.83 Å². The normalized spacial score (nSPS) is 10.8. The molecular weight excluding hydrogens is 205 g/mol. The zero-order valence-electron chi connectivity index (χ0n) is 8.18. The van der Waals surface area contributed by atoms with E-state index < -0.39 is 5.82 Å². The summed E-state index contributed by atoms with van der Waals surface area (Å²) in [5.41, 5.74) is 0.988. The molecule has 0 saturated carbocycles. The summed E-state index contributed by atoms with van der Waals surface area (Å²) in [6.45, 7) is 7.02. The van der Waals surface area contributed by atoms with Crippen molar-refractivity contribution in [1.82, 2.24) is 9.38 Å². The summed E-state index contributed by atoms with van der Waals surface area (Å²) in [4.78, 5) is 7.48. The summed E-state index contributed by atoms with van der Waals surface area (Å²) in [6.07, 6.45) is 4.64. The number of pyridine rings is 1. The van der Waals surface area contributed by atoms with Gasteiger partial charge in [-0.1, -0.05) is 18.2 Å². The van der Waals surface area contributed by atoms with Crippen molar-refractivity contribution in [2.75, 3.05) is 0 Å². The highest BCUT2D eigenvalue weighted by Crippen LogP contribution is 2.30. The largest absolute Gasteiger partial charge is 0.304 e. The number of nitrogens with zero attached hydrogens (tertiary/aromatic N) is 3. The molecule has 0 saturated heterocycles. The first-order chi connectivity index (χ1) is 7.81. The summed E-state index contributed by atoms with van der Waals surface area (Å²) in [5.74, 6) is -0.396. The number of rotatable bonds is 0. The third-order valence-electron chi connectivity index (χ3n) is 2.56. The van der Waals surface area contributed by atoms with Gasteiger partial charge >= 0.3 is 0 Å². The van der Waals surface area contributed by atoms with Gasteiger partial charge in [0.2, 0.25) is 0 Å². The van der Waals surface area contributed by atoms with Crippen molar-refractivity contribution in [2.24, 2.45) is 0 Å². The molecule has 0 radical (unpaired) electrons. The molecule has 0 bridgehead atoms. The summed E-state index contributed by atoms with van der Waals surface area (Å²) in [6, 6.07) is 5.12. The van der Waals surface area contributed by atoms with Crippen molar-refractivity contribution in [3.8, 4) is 0 Å². The lowest BCUT2D eigenvalue weighted by molar-refractivity contribution is 0.632. The molecule has 4 heteroatoms. The van der Waals surface area contributed by atoms with E-state index in [1.54, 1.807) is 35.0 Å². The van der Waals surface area contributed by atoms with E-state index in [0.29, 0.717) is 22.1 Å². The molecule has 0 fully saturated rings. The molecule has 0 amide bonds. The maximum absolute atomic E-state index is 13.8. The highest BCUT2D eigenvalue weighted by molar-refractivity contribution is 6.02. The van der Waals surface area contributed by atoms with E-state index in [1.165, 1.54) is 6.20 Å². The summed E-state index contributed by atoms with van der Waals surface area (Å²) >= 11 is 0. The van der Waals surface area contributed by atoms with Gasteiger partial charge in [-0.25, -0.2) is 14.2 Å². The van der Waals surface area contributed by atoms with Crippen LogP contribution in [-0.4, -0.2) is 9.38 Å². The van der Waals surface area contributed by atoms with E-state index in [-0.39, 0.29) is 0 Å². The fourth-order valence-electron chi connectivity index (χ4n) is 1.88. The lowest BCUT2D eigenvalue weighted by atomic mass is 10.1. The molecule has 0 spiro atoms. The van der Waals surface area contributed by atoms with Gasteiger partial charge in [0.15, 0.2) is 5.69 Å². The molecule has 3 nitrogen and oxygen atoms in total. The van der Waals surface area contributed by atoms with Crippen LogP contribution in [0.4, 0.5) is 10.1 Å². The third-order valence-corrected chi connectivity index (χ3v) is 2.56. The molecule has 0 aliphatic rings. The minimum Gasteiger partial charge on any atom is -0.304 e. The number of imidazole rings is 1. The molecule has 0 aliphatic heterocycles. The van der Waals surface area contributed by atoms with Crippen molar-refractivity contribution in [2.45, 2.75) is 0 Å². The van der Waals surface area contributed by atoms with Crippen LogP contribution in [0.2, 0.25) is 0 Å². The maximum Gasteiger partial charge on any atom is 0.197 e. The smallest absolute Gasteiger partial charge is 0.197 e. The van der Waals surface area contributed by atoms with Crippen molar-refractivity contribution < 1.29 is 4.39 Å². The molecule has 2 heterocycles. The van der Waals surface area contributed by atoms with Crippen molar-refractivity contribution in [3.63, 3.8) is 0 Å². The molecule has 76 valence electrons. The molecule has 0 unspecified atom stereocenters. The monoisotopic (exact) mass is 211 g/mol. The van der Waals surface area contributed by atoms with Crippen molar-refractivity contribution in [3.05, 3.63) is 54.0 Å². The molecule has 16 heavy (non-hydrogen) atoms. The lowest BCUT2D eigenvalue weighted by Gasteiger charge is -2.04. The summed E-state index contributed by atoms with van der Waals surface area (Å²) in [7, 11) is 0. The molecule has 3 rings (SSSR count). The Morgan fingerprint density at radius 3 is 3.06 bits per heavy atom. The first-order valence-corrected chi connectivity index (χ1v) is 4.72. The van der Waals surface area contributed by atoms with E-state index in [4.69, 9.17) is 6.57 Å². The van der Waals surface area contributed by atoms with Gasteiger partial charge in [0.25, 0.3) is 0 Å². The van der Waals surface area contributed by atoms with Gasteiger partial charge in [0.1, 0.15) is 11.5 Å². The fraction of sp³-hybridized carbons (Fsp3) is 0. The first-order valence-electron chi connectivity index (χ1n) is 4.72. The lowest BCUT2D eigenvalue weighted by Crippen LogP contribution is -1.89. The Kier molecular flexibility index (Phi) is 1.68. The quantitative estimate of drug-likeness (QED) is 0.523. The second-order valence-corrected chi connectivity index (χ2v) is 3.45. The Morgan fingerprint density at radius 1 is 1.38 bits per heavy atom. The van der Waals surface area contributed by atoms with Crippen LogP contribution in [-0.2, 0) is 0 Å². The Bertz CT molecular complexity index is 737. The van der Waals surface area contributed by atoms with Crippen LogP contribution in [0.3, 0.4) is 0 Å². The Hall–Kier alpha value is -2.41. The van der Waals surface area contributed by atoms with Gasteiger partial charge in [0.05, 0.1) is 6.57 Å². The maximum atomic E-state index is 13.8. The highest BCUT2D eigenvalue weighted by Gasteiger charge is 2.10. The minimum absolute atomic E-state index is 0.320. The zero-order chi connectivity index (χ0) is 11.1. The van der Waals surface area contributed by atoms with Crippen molar-refractivity contribution in [1.29, 1.82) is 0 Å². The van der Waals surface area contributed by atoms with Gasteiger partial charge in [-0.2, -0.15) is 0 Å². The molecule has 0 N–H and O–H groups in total. The van der Waals surface area contributed by atoms with Crippen molar-refractivity contribution >= 4 is 22.1 Å². The summed E-state index contributed by atoms with van der Waals surface area (Å²) in [5, 5.41) is 1.01. The average Bonchev–Trinajstić information content (AvgIpc) is 2.76. The predicted molar refractivity (Wildman–Crippen MR) is 58.9 cm³/mol. The van der Waals surface area contributed by atoms with Gasteiger partial charge in [-0.05, 0) is 0 Å². The van der Waals surface area contributed by atoms with Crippen LogP contribution in [0, 0.1) is 12.4 Å². The standard InChI is InChI=1S/C12H6FN3/c1-14-10-4-2-3-8-11(10)9(13)7-16-6-5-15-12(8)16/h2-7H. The summed E-state index contributed by atoms with van der Waals surface area (Å²) < 4.78 is 15.5. The van der Waals surface area contributed by atoms with Crippen LogP contribution in [0.25, 0.3) is 21.3 Å². The number of hydrogen-bond acceptors (Lipinski definition) is 1. The van der Waals surface area contributed by atoms with E-state index in [9.17, 15) is 4.39 Å². The SMILES string of the molecule is [C-]#[N+]c1cccc2c1c(F)cn1ccnc21. The molecule has 0 atom stereocenters. The number of halogens is 1. The van der Waals surface area contributed by atoms with Crippen LogP contribution >= 0.6 is 0 Å². The first kappa shape index (κ1) is 8.86. The van der Waals surface area contributed by atoms with Crippen LogP contribution < -0.4 is 0 Å². The molecule has 1 aromatic carbocycles. The van der Waals surface area contributed by atoms with Gasteiger partial charge < -0.3 is 4.40 Å². The second kappa shape index (κ2) is 3.04. The molecule has 3 aromatic rings. The molecular formula is C12H6FN3. The number of hydrogen-bond donors (Lipinski definition) is 0. The minimum atomic E-state index is -0.396. The van der Waals surface area contributed by atoms with Gasteiger partial charge in [-0.15, -0.1) is 0 Å². The van der Waals surface area contributed by atoms with Crippen LogP contribution in [0.15, 0.2) is 36.8 Å². The Morgan fingerprint density at radius 2 is 2.25 bits per heavy atom. The van der Waals surface area contributed by atoms with Crippen LogP contribution in [0.5, 0.6) is 0 Å². The number of fused-ring (bicyclic) bond motifs is 3. The molecule has 0 aliphatic carbocycles. The number of benzene rings is 1. The fourth-order valence-corrected chi connectivity index (χ4v) is 1.88. The predicted octanol–water partition coefficient (Wildman–Crippen LogP) is 3.18. The van der Waals surface area contributed by atoms with Gasteiger partial charge in [0, 0.05) is 29.4 Å². The molecule has 2 aromatic heterocycles. The van der Waals surface area contributed by atoms with E-state index in [0.717, 1.165) is 0 Å². The number of aromatic nitrogens is 2. The Labute approximate surface area is 90.6 Å². The topological polar surface area (TPSA) is 21.7 Å². The van der Waals surface area contributed by atoms with Crippen LogP contribution in [0.1, 0.15) is 0 Å². The zero-order valence-corrected chi connectivity index (χ0v) is 8.18. The Balaban J connectivity index is 2.66. The van der Waals surface area contributed by atoms with Gasteiger partial charge in [-0.3, -0.25) is 0 Å². The third kappa shape index (κ3) is 1.03.